The first-order valence-corrected chi connectivity index (χ1v) is 13.0. The Bertz CT molecular complexity index is 1720. The van der Waals surface area contributed by atoms with Gasteiger partial charge in [0.25, 0.3) is 0 Å². The number of nitrogens with one attached hydrogen (secondary N) is 3. The van der Waals surface area contributed by atoms with Gasteiger partial charge in [-0.1, -0.05) is 12.5 Å². The smallest absolute Gasteiger partial charge is 0.227 e. The van der Waals surface area contributed by atoms with Gasteiger partial charge in [0.2, 0.25) is 5.91 Å². The lowest BCUT2D eigenvalue weighted by Gasteiger charge is -2.24. The molecule has 0 bridgehead atoms. The summed E-state index contributed by atoms with van der Waals surface area (Å²) in [6.07, 6.45) is 11.7. The molecule has 0 saturated heterocycles. The van der Waals surface area contributed by atoms with E-state index < -0.39 is 0 Å². The molecular weight excluding hydrogens is 490 g/mol. The van der Waals surface area contributed by atoms with Gasteiger partial charge in [-0.15, -0.1) is 0 Å². The van der Waals surface area contributed by atoms with Gasteiger partial charge in [0.1, 0.15) is 16.9 Å². The van der Waals surface area contributed by atoms with E-state index in [1.54, 1.807) is 24.8 Å². The number of aromatic amines is 1. The van der Waals surface area contributed by atoms with Gasteiger partial charge >= 0.3 is 0 Å². The lowest BCUT2D eigenvalue weighted by molar-refractivity contribution is -0.122. The minimum absolute atomic E-state index is 0.0538. The van der Waals surface area contributed by atoms with Crippen LogP contribution in [0.1, 0.15) is 30.7 Å². The van der Waals surface area contributed by atoms with Crippen LogP contribution in [0, 0.1) is 5.92 Å². The van der Waals surface area contributed by atoms with Gasteiger partial charge in [-0.05, 0) is 43.2 Å². The number of aromatic nitrogens is 6. The zero-order valence-electron chi connectivity index (χ0n) is 21.1. The van der Waals surface area contributed by atoms with Gasteiger partial charge in [-0.3, -0.25) is 29.7 Å². The average molecular weight is 516 g/mol. The summed E-state index contributed by atoms with van der Waals surface area (Å²) in [5.41, 5.74) is 7.76. The van der Waals surface area contributed by atoms with Crippen molar-refractivity contribution in [1.82, 2.24) is 29.9 Å². The molecule has 6 heterocycles. The van der Waals surface area contributed by atoms with Gasteiger partial charge in [-0.25, -0.2) is 4.98 Å². The van der Waals surface area contributed by atoms with Crippen molar-refractivity contribution < 1.29 is 4.79 Å². The largest absolute Gasteiger partial charge is 0.381 e. The molecule has 0 spiro atoms. The highest BCUT2D eigenvalue weighted by Crippen LogP contribution is 2.30. The number of H-pyrrole nitrogens is 1. The van der Waals surface area contributed by atoms with Crippen molar-refractivity contribution in [1.29, 1.82) is 0 Å². The Kier molecular flexibility index (Phi) is 5.77. The summed E-state index contributed by atoms with van der Waals surface area (Å²) in [6, 6.07) is 11.5. The normalized spacial score (nSPS) is 15.0. The quantitative estimate of drug-likeness (QED) is 0.314. The molecule has 1 fully saturated rings. The Morgan fingerprint density at radius 1 is 0.974 bits per heavy atom. The molecule has 0 atom stereocenters. The molecule has 1 aliphatic carbocycles. The third-order valence-corrected chi connectivity index (χ3v) is 7.17. The number of carbonyl (C=O) groups excluding carboxylic acids is 1. The average Bonchev–Trinajstić information content (AvgIpc) is 3.26. The van der Waals surface area contributed by atoms with Crippen LogP contribution in [0.15, 0.2) is 72.4 Å². The fourth-order valence-electron chi connectivity index (χ4n) is 4.90. The van der Waals surface area contributed by atoms with E-state index in [0.717, 1.165) is 64.2 Å². The molecule has 10 heteroatoms. The SMILES string of the molecule is O=C(Nc1cncc(-c2cc3c(cn2)NCCN=C3c2nc3c(-c4ccccn4)nccc3[nH]2)c1)C1CCC1. The molecule has 5 aromatic heterocycles. The number of pyridine rings is 4. The second kappa shape index (κ2) is 9.71. The first-order chi connectivity index (χ1) is 19.2. The van der Waals surface area contributed by atoms with Crippen LogP contribution in [-0.4, -0.2) is 54.6 Å². The van der Waals surface area contributed by atoms with Gasteiger partial charge in [-0.2, -0.15) is 0 Å². The van der Waals surface area contributed by atoms with Crippen molar-refractivity contribution >= 4 is 34.0 Å². The molecule has 1 amide bonds. The van der Waals surface area contributed by atoms with Crippen LogP contribution in [0.5, 0.6) is 0 Å². The zero-order chi connectivity index (χ0) is 26.2. The third-order valence-electron chi connectivity index (χ3n) is 7.17. The minimum Gasteiger partial charge on any atom is -0.381 e. The molecule has 1 aliphatic heterocycles. The number of nitrogens with zero attached hydrogens (tertiary/aromatic N) is 6. The summed E-state index contributed by atoms with van der Waals surface area (Å²) >= 11 is 0. The highest BCUT2D eigenvalue weighted by molar-refractivity contribution is 6.16. The second-order valence-corrected chi connectivity index (χ2v) is 9.71. The molecule has 10 nitrogen and oxygen atoms in total. The first-order valence-electron chi connectivity index (χ1n) is 13.0. The van der Waals surface area contributed by atoms with Crippen molar-refractivity contribution in [3.05, 3.63) is 78.8 Å². The molecule has 0 aromatic carbocycles. The molecule has 3 N–H and O–H groups in total. The van der Waals surface area contributed by atoms with Crippen molar-refractivity contribution in [2.24, 2.45) is 10.9 Å². The van der Waals surface area contributed by atoms with Crippen LogP contribution in [-0.2, 0) is 4.79 Å². The van der Waals surface area contributed by atoms with Gasteiger partial charge in [0.05, 0.1) is 47.2 Å². The number of carbonyl (C=O) groups is 1. The topological polar surface area (TPSA) is 134 Å². The van der Waals surface area contributed by atoms with E-state index in [-0.39, 0.29) is 11.8 Å². The first kappa shape index (κ1) is 23.2. The molecule has 2 aliphatic rings. The van der Waals surface area contributed by atoms with Crippen LogP contribution >= 0.6 is 0 Å². The van der Waals surface area contributed by atoms with Crippen molar-refractivity contribution in [2.75, 3.05) is 23.7 Å². The molecule has 0 radical (unpaired) electrons. The lowest BCUT2D eigenvalue weighted by atomic mass is 9.85. The lowest BCUT2D eigenvalue weighted by Crippen LogP contribution is -2.28. The fourth-order valence-corrected chi connectivity index (χ4v) is 4.90. The fraction of sp³-hybridized carbons (Fsp3) is 0.207. The minimum atomic E-state index is 0.0538. The van der Waals surface area contributed by atoms with Crippen LogP contribution in [0.2, 0.25) is 0 Å². The Labute approximate surface area is 224 Å². The number of hydrogen-bond acceptors (Lipinski definition) is 8. The standard InChI is InChI=1S/C29H25N9O/c39-29(17-4-3-5-17)36-19-12-18(14-30-15-19)23-13-20-24(16-35-23)32-10-11-34-25(20)28-37-22-7-9-33-26(27(22)38-28)21-6-1-2-8-31-21/h1-2,6-9,12-17,32H,3-5,10-11H2,(H,36,39)(H,37,38). The monoisotopic (exact) mass is 515 g/mol. The van der Waals surface area contributed by atoms with E-state index in [1.807, 2.05) is 42.6 Å². The van der Waals surface area contributed by atoms with E-state index in [4.69, 9.17) is 15.0 Å². The van der Waals surface area contributed by atoms with Crippen LogP contribution in [0.4, 0.5) is 11.4 Å². The van der Waals surface area contributed by atoms with E-state index in [1.165, 1.54) is 0 Å². The number of imidazole rings is 1. The van der Waals surface area contributed by atoms with Crippen molar-refractivity contribution in [2.45, 2.75) is 19.3 Å². The van der Waals surface area contributed by atoms with Crippen LogP contribution in [0.3, 0.4) is 0 Å². The molecule has 192 valence electrons. The summed E-state index contributed by atoms with van der Waals surface area (Å²) in [7, 11) is 0. The Balaban J connectivity index is 1.26. The molecule has 7 rings (SSSR count). The predicted octanol–water partition coefficient (Wildman–Crippen LogP) is 4.48. The summed E-state index contributed by atoms with van der Waals surface area (Å²) < 4.78 is 0. The predicted molar refractivity (Wildman–Crippen MR) is 150 cm³/mol. The van der Waals surface area contributed by atoms with E-state index in [2.05, 4.69) is 30.6 Å². The maximum absolute atomic E-state index is 12.5. The summed E-state index contributed by atoms with van der Waals surface area (Å²) in [6.45, 7) is 1.27. The van der Waals surface area contributed by atoms with Gasteiger partial charge < -0.3 is 15.6 Å². The molecule has 1 saturated carbocycles. The third kappa shape index (κ3) is 4.39. The van der Waals surface area contributed by atoms with E-state index >= 15 is 0 Å². The van der Waals surface area contributed by atoms with Gasteiger partial charge in [0.15, 0.2) is 5.82 Å². The highest BCUT2D eigenvalue weighted by Gasteiger charge is 2.25. The molecule has 0 unspecified atom stereocenters. The zero-order valence-corrected chi connectivity index (χ0v) is 21.1. The summed E-state index contributed by atoms with van der Waals surface area (Å²) in [5.74, 6) is 0.802. The number of hydrogen-bond donors (Lipinski definition) is 3. The number of amides is 1. The number of fused-ring (bicyclic) bond motifs is 2. The number of rotatable bonds is 5. The number of aliphatic imine (C=N–C) groups is 1. The molecule has 5 aromatic rings. The van der Waals surface area contributed by atoms with Crippen LogP contribution < -0.4 is 10.6 Å². The van der Waals surface area contributed by atoms with E-state index in [0.29, 0.717) is 30.3 Å². The maximum atomic E-state index is 12.5. The molecule has 39 heavy (non-hydrogen) atoms. The van der Waals surface area contributed by atoms with E-state index in [9.17, 15) is 4.79 Å². The highest BCUT2D eigenvalue weighted by atomic mass is 16.1. The van der Waals surface area contributed by atoms with Crippen molar-refractivity contribution in [3.63, 3.8) is 0 Å². The Morgan fingerprint density at radius 3 is 2.77 bits per heavy atom. The van der Waals surface area contributed by atoms with Gasteiger partial charge in [0, 0.05) is 42.2 Å². The summed E-state index contributed by atoms with van der Waals surface area (Å²) in [4.78, 5) is 43.8. The number of anilines is 2. The summed E-state index contributed by atoms with van der Waals surface area (Å²) in [5, 5.41) is 6.43. The maximum Gasteiger partial charge on any atom is 0.227 e. The molecular formula is C29H25N9O. The second-order valence-electron chi connectivity index (χ2n) is 9.71. The Hall–Kier alpha value is -4.99. The Morgan fingerprint density at radius 2 is 1.92 bits per heavy atom. The van der Waals surface area contributed by atoms with Crippen molar-refractivity contribution in [3.8, 4) is 22.6 Å². The van der Waals surface area contributed by atoms with Crippen LogP contribution in [0.25, 0.3) is 33.7 Å².